The third-order valence-corrected chi connectivity index (χ3v) is 4.64. The molecule has 1 atom stereocenters. The van der Waals surface area contributed by atoms with E-state index in [4.69, 9.17) is 28.9 Å². The van der Waals surface area contributed by atoms with Crippen LogP contribution in [0.3, 0.4) is 0 Å². The van der Waals surface area contributed by atoms with Crippen LogP contribution in [0.1, 0.15) is 26.9 Å². The summed E-state index contributed by atoms with van der Waals surface area (Å²) in [6.45, 7) is 4.17. The zero-order valence-electron chi connectivity index (χ0n) is 9.63. The predicted molar refractivity (Wildman–Crippen MR) is 76.3 cm³/mol. The average molecular weight is 286 g/mol. The van der Waals surface area contributed by atoms with Gasteiger partial charge in [-0.1, -0.05) is 29.3 Å². The zero-order chi connectivity index (χ0) is 12.6. The van der Waals surface area contributed by atoms with E-state index in [2.05, 4.69) is 19.9 Å². The fourth-order valence-corrected chi connectivity index (χ4v) is 3.20. The molecule has 1 heterocycles. The Morgan fingerprint density at radius 3 is 2.35 bits per heavy atom. The van der Waals surface area contributed by atoms with E-state index >= 15 is 0 Å². The Kier molecular flexibility index (Phi) is 3.79. The van der Waals surface area contributed by atoms with Crippen LogP contribution in [0.4, 0.5) is 0 Å². The normalized spacial score (nSPS) is 12.8. The van der Waals surface area contributed by atoms with Crippen molar-refractivity contribution in [1.29, 1.82) is 0 Å². The number of hydrogen-bond acceptors (Lipinski definition) is 2. The van der Waals surface area contributed by atoms with Gasteiger partial charge in [-0.25, -0.2) is 0 Å². The van der Waals surface area contributed by atoms with E-state index in [9.17, 15) is 0 Å². The summed E-state index contributed by atoms with van der Waals surface area (Å²) in [5, 5.41) is 1.10. The van der Waals surface area contributed by atoms with Crippen molar-refractivity contribution in [3.05, 3.63) is 55.2 Å². The van der Waals surface area contributed by atoms with Crippen LogP contribution in [0.15, 0.2) is 24.3 Å². The molecular weight excluding hydrogens is 273 g/mol. The van der Waals surface area contributed by atoms with Crippen LogP contribution < -0.4 is 5.73 Å². The Morgan fingerprint density at radius 1 is 1.12 bits per heavy atom. The monoisotopic (exact) mass is 285 g/mol. The Morgan fingerprint density at radius 2 is 1.82 bits per heavy atom. The lowest BCUT2D eigenvalue weighted by Crippen LogP contribution is -2.11. The first-order valence-electron chi connectivity index (χ1n) is 5.26. The highest BCUT2D eigenvalue weighted by atomic mass is 35.5. The van der Waals surface area contributed by atoms with Crippen molar-refractivity contribution in [3.8, 4) is 0 Å². The quantitative estimate of drug-likeness (QED) is 0.849. The van der Waals surface area contributed by atoms with Crippen molar-refractivity contribution >= 4 is 34.5 Å². The number of aryl methyl sites for hydroxylation is 2. The lowest BCUT2D eigenvalue weighted by molar-refractivity contribution is 0.885. The summed E-state index contributed by atoms with van der Waals surface area (Å²) in [5.41, 5.74) is 8.48. The summed E-state index contributed by atoms with van der Waals surface area (Å²) in [6, 6.07) is 7.56. The molecule has 0 radical (unpaired) electrons. The molecule has 0 spiro atoms. The standard InChI is InChI=1S/C13H13Cl2NS/c1-7-5-8(2)17-13(7)12(16)9-3-4-10(14)11(15)6-9/h3-6,12H,16H2,1-2H3. The molecular formula is C13H13Cl2NS. The topological polar surface area (TPSA) is 26.0 Å². The Balaban J connectivity index is 2.40. The summed E-state index contributed by atoms with van der Waals surface area (Å²) < 4.78 is 0. The van der Waals surface area contributed by atoms with Crippen molar-refractivity contribution in [2.75, 3.05) is 0 Å². The maximum atomic E-state index is 6.26. The molecule has 2 N–H and O–H groups in total. The molecule has 1 aromatic heterocycles. The highest BCUT2D eigenvalue weighted by Crippen LogP contribution is 2.32. The average Bonchev–Trinajstić information content (AvgIpc) is 2.61. The van der Waals surface area contributed by atoms with E-state index in [0.29, 0.717) is 10.0 Å². The fourth-order valence-electron chi connectivity index (χ4n) is 1.83. The van der Waals surface area contributed by atoms with Gasteiger partial charge in [0.15, 0.2) is 0 Å². The minimum Gasteiger partial charge on any atom is -0.320 e. The Bertz CT molecular complexity index is 548. The lowest BCUT2D eigenvalue weighted by Gasteiger charge is -2.12. The summed E-state index contributed by atoms with van der Waals surface area (Å²) in [5.74, 6) is 0. The number of benzene rings is 1. The van der Waals surface area contributed by atoms with Crippen LogP contribution in [-0.4, -0.2) is 0 Å². The van der Waals surface area contributed by atoms with Crippen LogP contribution in [-0.2, 0) is 0 Å². The van der Waals surface area contributed by atoms with Gasteiger partial charge in [-0.15, -0.1) is 11.3 Å². The highest BCUT2D eigenvalue weighted by Gasteiger charge is 2.15. The second-order valence-electron chi connectivity index (χ2n) is 4.06. The SMILES string of the molecule is Cc1cc(C)c(C(N)c2ccc(Cl)c(Cl)c2)s1. The molecule has 0 saturated carbocycles. The third-order valence-electron chi connectivity index (χ3n) is 2.66. The van der Waals surface area contributed by atoms with E-state index in [1.165, 1.54) is 15.3 Å². The van der Waals surface area contributed by atoms with Gasteiger partial charge in [0.05, 0.1) is 16.1 Å². The minimum absolute atomic E-state index is 0.136. The summed E-state index contributed by atoms with van der Waals surface area (Å²) in [7, 11) is 0. The van der Waals surface area contributed by atoms with Crippen LogP contribution >= 0.6 is 34.5 Å². The van der Waals surface area contributed by atoms with Gasteiger partial charge in [-0.2, -0.15) is 0 Å². The van der Waals surface area contributed by atoms with Gasteiger partial charge in [0.1, 0.15) is 0 Å². The first-order chi connectivity index (χ1) is 7.99. The number of hydrogen-bond donors (Lipinski definition) is 1. The molecule has 2 rings (SSSR count). The number of halogens is 2. The molecule has 0 saturated heterocycles. The van der Waals surface area contributed by atoms with Crippen LogP contribution in [0.2, 0.25) is 10.0 Å². The first kappa shape index (κ1) is 12.9. The largest absolute Gasteiger partial charge is 0.320 e. The van der Waals surface area contributed by atoms with Gasteiger partial charge in [-0.3, -0.25) is 0 Å². The Hall–Kier alpha value is -0.540. The van der Waals surface area contributed by atoms with Gasteiger partial charge in [-0.05, 0) is 43.2 Å². The maximum Gasteiger partial charge on any atom is 0.0649 e. The minimum atomic E-state index is -0.136. The van der Waals surface area contributed by atoms with Crippen LogP contribution in [0.5, 0.6) is 0 Å². The van der Waals surface area contributed by atoms with Gasteiger partial charge < -0.3 is 5.73 Å². The molecule has 0 amide bonds. The van der Waals surface area contributed by atoms with Crippen molar-refractivity contribution in [3.63, 3.8) is 0 Å². The van der Waals surface area contributed by atoms with Gasteiger partial charge in [0, 0.05) is 9.75 Å². The van der Waals surface area contributed by atoms with Crippen LogP contribution in [0, 0.1) is 13.8 Å². The molecule has 0 aliphatic rings. The van der Waals surface area contributed by atoms with E-state index in [1.807, 2.05) is 12.1 Å². The third kappa shape index (κ3) is 2.66. The molecule has 1 nitrogen and oxygen atoms in total. The molecule has 1 aromatic carbocycles. The summed E-state index contributed by atoms with van der Waals surface area (Å²) >= 11 is 13.6. The fraction of sp³-hybridized carbons (Fsp3) is 0.231. The van der Waals surface area contributed by atoms with Crippen LogP contribution in [0.25, 0.3) is 0 Å². The Labute approximate surface area is 115 Å². The van der Waals surface area contributed by atoms with Gasteiger partial charge >= 0.3 is 0 Å². The van der Waals surface area contributed by atoms with Gasteiger partial charge in [0.2, 0.25) is 0 Å². The number of nitrogens with two attached hydrogens (primary N) is 1. The summed E-state index contributed by atoms with van der Waals surface area (Å²) in [4.78, 5) is 2.45. The molecule has 0 bridgehead atoms. The molecule has 17 heavy (non-hydrogen) atoms. The summed E-state index contributed by atoms with van der Waals surface area (Å²) in [6.07, 6.45) is 0. The molecule has 0 aliphatic heterocycles. The first-order valence-corrected chi connectivity index (χ1v) is 6.83. The van der Waals surface area contributed by atoms with Crippen molar-refractivity contribution in [2.45, 2.75) is 19.9 Å². The number of thiophene rings is 1. The maximum absolute atomic E-state index is 6.26. The van der Waals surface area contributed by atoms with E-state index < -0.39 is 0 Å². The zero-order valence-corrected chi connectivity index (χ0v) is 12.0. The van der Waals surface area contributed by atoms with E-state index in [1.54, 1.807) is 17.4 Å². The highest BCUT2D eigenvalue weighted by molar-refractivity contribution is 7.12. The predicted octanol–water partition coefficient (Wildman–Crippen LogP) is 4.72. The molecule has 1 unspecified atom stereocenters. The number of rotatable bonds is 2. The van der Waals surface area contributed by atoms with Crippen molar-refractivity contribution in [2.24, 2.45) is 5.73 Å². The molecule has 2 aromatic rings. The molecule has 0 fully saturated rings. The second-order valence-corrected chi connectivity index (χ2v) is 6.16. The smallest absolute Gasteiger partial charge is 0.0649 e. The molecule has 90 valence electrons. The van der Waals surface area contributed by atoms with Crippen molar-refractivity contribution in [1.82, 2.24) is 0 Å². The lowest BCUT2D eigenvalue weighted by atomic mass is 10.0. The van der Waals surface area contributed by atoms with Gasteiger partial charge in [0.25, 0.3) is 0 Å². The van der Waals surface area contributed by atoms with E-state index in [0.717, 1.165) is 5.56 Å². The van der Waals surface area contributed by atoms with E-state index in [-0.39, 0.29) is 6.04 Å². The molecule has 0 aliphatic carbocycles. The van der Waals surface area contributed by atoms with Crippen molar-refractivity contribution < 1.29 is 0 Å². The second kappa shape index (κ2) is 4.99. The molecule has 4 heteroatoms.